The summed E-state index contributed by atoms with van der Waals surface area (Å²) in [5, 5.41) is 7.66. The molecular weight excluding hydrogens is 369 g/mol. The van der Waals surface area contributed by atoms with Crippen LogP contribution < -0.4 is 10.1 Å². The van der Waals surface area contributed by atoms with Gasteiger partial charge in [-0.05, 0) is 61.6 Å². The zero-order chi connectivity index (χ0) is 20.2. The zero-order valence-electron chi connectivity index (χ0n) is 16.4. The second-order valence-electron chi connectivity index (χ2n) is 7.26. The van der Waals surface area contributed by atoms with Crippen LogP contribution in [-0.4, -0.2) is 22.8 Å². The van der Waals surface area contributed by atoms with E-state index in [4.69, 9.17) is 4.74 Å². The Bertz CT molecular complexity index is 998. The summed E-state index contributed by atoms with van der Waals surface area (Å²) in [6.45, 7) is 0. The Hall–Kier alpha value is -3.15. The van der Waals surface area contributed by atoms with Crippen molar-refractivity contribution in [1.29, 1.82) is 0 Å². The number of hydrogen-bond donors (Lipinski definition) is 1. The van der Waals surface area contributed by atoms with Crippen molar-refractivity contribution in [3.63, 3.8) is 0 Å². The monoisotopic (exact) mass is 393 g/mol. The number of carbonyl (C=O) groups excluding carboxylic acids is 1. The smallest absolute Gasteiger partial charge is 0.220 e. The van der Waals surface area contributed by atoms with Crippen LogP contribution in [0.4, 0.5) is 4.39 Å². The Kier molecular flexibility index (Phi) is 5.60. The van der Waals surface area contributed by atoms with Gasteiger partial charge in [0, 0.05) is 17.7 Å². The second kappa shape index (κ2) is 8.47. The SMILES string of the molecule is COc1ccccc1CCC(=O)N[C@@H]1CCCc2c1cnn2-c1ccc(F)cc1. The molecule has 1 amide bonds. The van der Waals surface area contributed by atoms with Crippen molar-refractivity contribution >= 4 is 5.91 Å². The highest BCUT2D eigenvalue weighted by Crippen LogP contribution is 2.31. The van der Waals surface area contributed by atoms with Gasteiger partial charge in [0.25, 0.3) is 0 Å². The molecule has 3 aromatic rings. The molecule has 5 nitrogen and oxygen atoms in total. The summed E-state index contributed by atoms with van der Waals surface area (Å²) in [5.41, 5.74) is 3.98. The van der Waals surface area contributed by atoms with Gasteiger partial charge >= 0.3 is 0 Å². The Morgan fingerprint density at radius 2 is 2.03 bits per heavy atom. The molecule has 6 heteroatoms. The van der Waals surface area contributed by atoms with Crippen LogP contribution in [0.3, 0.4) is 0 Å². The highest BCUT2D eigenvalue weighted by molar-refractivity contribution is 5.77. The lowest BCUT2D eigenvalue weighted by Crippen LogP contribution is -2.31. The van der Waals surface area contributed by atoms with E-state index in [9.17, 15) is 9.18 Å². The van der Waals surface area contributed by atoms with Crippen LogP contribution in [-0.2, 0) is 17.6 Å². The van der Waals surface area contributed by atoms with Gasteiger partial charge in [0.05, 0.1) is 25.0 Å². The molecule has 0 bridgehead atoms. The van der Waals surface area contributed by atoms with Crippen LogP contribution in [0, 0.1) is 5.82 Å². The van der Waals surface area contributed by atoms with E-state index in [0.717, 1.165) is 47.5 Å². The molecule has 1 atom stereocenters. The fourth-order valence-corrected chi connectivity index (χ4v) is 3.94. The summed E-state index contributed by atoms with van der Waals surface area (Å²) in [6, 6.07) is 14.0. The molecule has 4 rings (SSSR count). The van der Waals surface area contributed by atoms with E-state index in [2.05, 4.69) is 10.4 Å². The number of halogens is 1. The molecule has 0 unspecified atom stereocenters. The lowest BCUT2D eigenvalue weighted by atomic mass is 9.92. The van der Waals surface area contributed by atoms with Gasteiger partial charge in [-0.1, -0.05) is 18.2 Å². The molecule has 0 saturated carbocycles. The maximum Gasteiger partial charge on any atom is 0.220 e. The van der Waals surface area contributed by atoms with Crippen LogP contribution in [0.25, 0.3) is 5.69 Å². The molecule has 1 heterocycles. The van der Waals surface area contributed by atoms with Gasteiger partial charge in [-0.2, -0.15) is 5.10 Å². The van der Waals surface area contributed by atoms with Crippen molar-refractivity contribution in [2.45, 2.75) is 38.1 Å². The third-order valence-electron chi connectivity index (χ3n) is 5.40. The predicted octanol–water partition coefficient (Wildman–Crippen LogP) is 4.15. The van der Waals surface area contributed by atoms with Gasteiger partial charge in [-0.15, -0.1) is 0 Å². The Balaban J connectivity index is 1.44. The number of nitrogens with one attached hydrogen (secondary N) is 1. The zero-order valence-corrected chi connectivity index (χ0v) is 16.4. The number of aryl methyl sites for hydroxylation is 1. The molecule has 0 radical (unpaired) electrons. The van der Waals surface area contributed by atoms with E-state index < -0.39 is 0 Å². The number of nitrogens with zero attached hydrogens (tertiary/aromatic N) is 2. The number of carbonyl (C=O) groups is 1. The van der Waals surface area contributed by atoms with Crippen LogP contribution in [0.1, 0.15) is 42.1 Å². The van der Waals surface area contributed by atoms with Crippen molar-refractivity contribution < 1.29 is 13.9 Å². The molecule has 1 aliphatic carbocycles. The molecule has 0 fully saturated rings. The average molecular weight is 393 g/mol. The van der Waals surface area contributed by atoms with Crippen molar-refractivity contribution in [2.24, 2.45) is 0 Å². The third kappa shape index (κ3) is 4.16. The Morgan fingerprint density at radius 3 is 2.83 bits per heavy atom. The minimum atomic E-state index is -0.269. The fourth-order valence-electron chi connectivity index (χ4n) is 3.94. The highest BCUT2D eigenvalue weighted by Gasteiger charge is 2.26. The predicted molar refractivity (Wildman–Crippen MR) is 109 cm³/mol. The minimum Gasteiger partial charge on any atom is -0.496 e. The van der Waals surface area contributed by atoms with Gasteiger partial charge in [0.15, 0.2) is 0 Å². The summed E-state index contributed by atoms with van der Waals surface area (Å²) in [7, 11) is 1.64. The molecular formula is C23H24FN3O2. The van der Waals surface area contributed by atoms with Crippen molar-refractivity contribution in [3.05, 3.63) is 77.4 Å². The average Bonchev–Trinajstić information content (AvgIpc) is 3.18. The molecule has 1 aliphatic rings. The van der Waals surface area contributed by atoms with Crippen LogP contribution in [0.15, 0.2) is 54.7 Å². The minimum absolute atomic E-state index is 0.0169. The van der Waals surface area contributed by atoms with Gasteiger partial charge in [0.1, 0.15) is 11.6 Å². The van der Waals surface area contributed by atoms with Crippen LogP contribution >= 0.6 is 0 Å². The fraction of sp³-hybridized carbons (Fsp3) is 0.304. The molecule has 0 saturated heterocycles. The highest BCUT2D eigenvalue weighted by atomic mass is 19.1. The first-order valence-electron chi connectivity index (χ1n) is 9.89. The summed E-state index contributed by atoms with van der Waals surface area (Å²) < 4.78 is 20.4. The number of ether oxygens (including phenoxy) is 1. The maximum absolute atomic E-state index is 13.2. The van der Waals surface area contributed by atoms with Crippen molar-refractivity contribution in [1.82, 2.24) is 15.1 Å². The number of methoxy groups -OCH3 is 1. The first-order valence-corrected chi connectivity index (χ1v) is 9.89. The number of fused-ring (bicyclic) bond motifs is 1. The van der Waals surface area contributed by atoms with E-state index in [1.807, 2.05) is 35.1 Å². The largest absolute Gasteiger partial charge is 0.496 e. The van der Waals surface area contributed by atoms with E-state index in [-0.39, 0.29) is 17.8 Å². The molecule has 29 heavy (non-hydrogen) atoms. The molecule has 0 aliphatic heterocycles. The van der Waals surface area contributed by atoms with E-state index >= 15 is 0 Å². The van der Waals surface area contributed by atoms with E-state index in [1.54, 1.807) is 19.2 Å². The van der Waals surface area contributed by atoms with E-state index in [0.29, 0.717) is 12.8 Å². The number of rotatable bonds is 6. The first kappa shape index (κ1) is 19.2. The lowest BCUT2D eigenvalue weighted by molar-refractivity contribution is -0.121. The molecule has 2 aromatic carbocycles. The third-order valence-corrected chi connectivity index (χ3v) is 5.40. The normalized spacial score (nSPS) is 15.6. The van der Waals surface area contributed by atoms with Crippen molar-refractivity contribution in [2.75, 3.05) is 7.11 Å². The number of benzene rings is 2. The Morgan fingerprint density at radius 1 is 1.24 bits per heavy atom. The summed E-state index contributed by atoms with van der Waals surface area (Å²) in [6.07, 6.45) is 5.60. The molecule has 1 aromatic heterocycles. The maximum atomic E-state index is 13.2. The first-order chi connectivity index (χ1) is 14.2. The molecule has 150 valence electrons. The number of amides is 1. The molecule has 1 N–H and O–H groups in total. The van der Waals surface area contributed by atoms with Gasteiger partial charge in [0.2, 0.25) is 5.91 Å². The number of hydrogen-bond acceptors (Lipinski definition) is 3. The van der Waals surface area contributed by atoms with Crippen molar-refractivity contribution in [3.8, 4) is 11.4 Å². The number of aromatic nitrogens is 2. The van der Waals surface area contributed by atoms with Gasteiger partial charge < -0.3 is 10.1 Å². The number of para-hydroxylation sites is 1. The summed E-state index contributed by atoms with van der Waals surface area (Å²) in [4.78, 5) is 12.6. The topological polar surface area (TPSA) is 56.1 Å². The van der Waals surface area contributed by atoms with Gasteiger partial charge in [-0.3, -0.25) is 4.79 Å². The van der Waals surface area contributed by atoms with E-state index in [1.165, 1.54) is 12.1 Å². The standard InChI is InChI=1S/C23H24FN3O2/c1-29-22-8-3-2-5-16(22)9-14-23(28)26-20-6-4-7-21-19(20)15-25-27(21)18-12-10-17(24)11-13-18/h2-3,5,8,10-13,15,20H,4,6-7,9,14H2,1H3,(H,26,28)/t20-/m1/s1. The van der Waals surface area contributed by atoms with Crippen LogP contribution in [0.2, 0.25) is 0 Å². The lowest BCUT2D eigenvalue weighted by Gasteiger charge is -2.24. The van der Waals surface area contributed by atoms with Gasteiger partial charge in [-0.25, -0.2) is 9.07 Å². The second-order valence-corrected chi connectivity index (χ2v) is 7.26. The quantitative estimate of drug-likeness (QED) is 0.685. The van der Waals surface area contributed by atoms with Crippen LogP contribution in [0.5, 0.6) is 5.75 Å². The molecule has 0 spiro atoms. The Labute approximate surface area is 169 Å². The summed E-state index contributed by atoms with van der Waals surface area (Å²) >= 11 is 0. The summed E-state index contributed by atoms with van der Waals surface area (Å²) in [5.74, 6) is 0.555.